The highest BCUT2D eigenvalue weighted by atomic mass is 35.5. The maximum absolute atomic E-state index is 13.2. The smallest absolute Gasteiger partial charge is 0.244 e. The summed E-state index contributed by atoms with van der Waals surface area (Å²) in [5, 5.41) is 4.94. The molecule has 25 heavy (non-hydrogen) atoms. The van der Waals surface area contributed by atoms with E-state index in [2.05, 4.69) is 10.3 Å². The van der Waals surface area contributed by atoms with Crippen molar-refractivity contribution in [1.82, 2.24) is 14.6 Å². The third-order valence-corrected chi connectivity index (χ3v) is 6.54. The summed E-state index contributed by atoms with van der Waals surface area (Å²) in [7, 11) is -3.62. The maximum Gasteiger partial charge on any atom is 0.244 e. The van der Waals surface area contributed by atoms with E-state index in [1.165, 1.54) is 6.20 Å². The molecule has 1 aliphatic heterocycles. The Balaban J connectivity index is 0.00000156. The first-order chi connectivity index (χ1) is 11.0. The third-order valence-electron chi connectivity index (χ3n) is 4.20. The van der Waals surface area contributed by atoms with Gasteiger partial charge in [0.25, 0.3) is 0 Å². The minimum atomic E-state index is -3.62. The molecule has 0 bridgehead atoms. The molecule has 3 rings (SSSR count). The van der Waals surface area contributed by atoms with Crippen molar-refractivity contribution < 1.29 is 8.42 Å². The van der Waals surface area contributed by atoms with Gasteiger partial charge < -0.3 is 5.32 Å². The molecule has 9 heteroatoms. The number of nitrogens with zero attached hydrogens (tertiary/aromatic N) is 2. The Morgan fingerprint density at radius 2 is 2.00 bits per heavy atom. The van der Waals surface area contributed by atoms with E-state index in [9.17, 15) is 8.42 Å². The number of halogens is 3. The van der Waals surface area contributed by atoms with E-state index in [0.717, 1.165) is 24.8 Å². The molecular weight excluding hydrogens is 405 g/mol. The number of fused-ring (bicyclic) bond motifs is 1. The van der Waals surface area contributed by atoms with E-state index >= 15 is 0 Å². The molecule has 1 N–H and O–H groups in total. The molecule has 0 amide bonds. The second-order valence-corrected chi connectivity index (χ2v) is 8.12. The topological polar surface area (TPSA) is 62.3 Å². The van der Waals surface area contributed by atoms with E-state index in [4.69, 9.17) is 11.6 Å². The molecule has 1 saturated heterocycles. The first-order valence-electron chi connectivity index (χ1n) is 7.76. The average Bonchev–Trinajstić information content (AvgIpc) is 2.50. The van der Waals surface area contributed by atoms with E-state index < -0.39 is 10.0 Å². The lowest BCUT2D eigenvalue weighted by Crippen LogP contribution is -2.46. The Morgan fingerprint density at radius 3 is 2.76 bits per heavy atom. The zero-order valence-electron chi connectivity index (χ0n) is 13.8. The van der Waals surface area contributed by atoms with Crippen molar-refractivity contribution in [2.24, 2.45) is 0 Å². The number of benzene rings is 1. The highest BCUT2D eigenvalue weighted by Crippen LogP contribution is 2.31. The van der Waals surface area contributed by atoms with E-state index in [1.807, 2.05) is 13.0 Å². The van der Waals surface area contributed by atoms with Gasteiger partial charge in [-0.3, -0.25) is 4.98 Å². The number of nitrogens with one attached hydrogen (secondary N) is 1. The van der Waals surface area contributed by atoms with Crippen LogP contribution in [-0.4, -0.2) is 43.4 Å². The average molecular weight is 427 g/mol. The normalized spacial score (nSPS) is 19.4. The minimum Gasteiger partial charge on any atom is -0.315 e. The zero-order valence-corrected chi connectivity index (χ0v) is 17.0. The summed E-state index contributed by atoms with van der Waals surface area (Å²) < 4.78 is 28.1. The number of hydrogen-bond acceptors (Lipinski definition) is 4. The molecule has 2 heterocycles. The van der Waals surface area contributed by atoms with Crippen molar-refractivity contribution in [3.8, 4) is 0 Å². The Morgan fingerprint density at radius 1 is 1.24 bits per heavy atom. The fraction of sp³-hybridized carbons (Fsp3) is 0.438. The van der Waals surface area contributed by atoms with Crippen molar-refractivity contribution in [2.75, 3.05) is 19.6 Å². The lowest BCUT2D eigenvalue weighted by atomic mass is 10.2. The Hall–Kier alpha value is -0.630. The van der Waals surface area contributed by atoms with E-state index in [-0.39, 0.29) is 35.8 Å². The summed E-state index contributed by atoms with van der Waals surface area (Å²) in [6, 6.07) is 5.09. The molecule has 0 spiro atoms. The van der Waals surface area contributed by atoms with Crippen LogP contribution < -0.4 is 5.32 Å². The van der Waals surface area contributed by atoms with Crippen molar-refractivity contribution in [1.29, 1.82) is 0 Å². The molecule has 0 saturated carbocycles. The predicted octanol–water partition coefficient (Wildman–Crippen LogP) is 3.49. The number of pyridine rings is 1. The van der Waals surface area contributed by atoms with Crippen LogP contribution in [0.3, 0.4) is 0 Å². The lowest BCUT2D eigenvalue weighted by molar-refractivity contribution is 0.301. The van der Waals surface area contributed by atoms with Crippen LogP contribution in [0.15, 0.2) is 35.5 Å². The molecule has 1 aromatic carbocycles. The van der Waals surface area contributed by atoms with Gasteiger partial charge in [-0.25, -0.2) is 8.42 Å². The summed E-state index contributed by atoms with van der Waals surface area (Å²) in [6.07, 6.45) is 4.94. The summed E-state index contributed by atoms with van der Waals surface area (Å²) in [6.45, 7) is 4.05. The minimum absolute atomic E-state index is 0. The second-order valence-electron chi connectivity index (χ2n) is 5.85. The largest absolute Gasteiger partial charge is 0.315 e. The first kappa shape index (κ1) is 22.4. The summed E-state index contributed by atoms with van der Waals surface area (Å²) in [5.41, 5.74) is 0. The molecule has 1 aromatic heterocycles. The Labute approximate surface area is 166 Å². The van der Waals surface area contributed by atoms with Gasteiger partial charge in [-0.05, 0) is 32.4 Å². The van der Waals surface area contributed by atoms with Gasteiger partial charge in [-0.2, -0.15) is 4.31 Å². The number of sulfonamides is 1. The van der Waals surface area contributed by atoms with Gasteiger partial charge in [0.2, 0.25) is 10.0 Å². The predicted molar refractivity (Wildman–Crippen MR) is 107 cm³/mol. The highest BCUT2D eigenvalue weighted by Gasteiger charge is 2.31. The fourth-order valence-corrected chi connectivity index (χ4v) is 5.24. The molecule has 1 fully saturated rings. The van der Waals surface area contributed by atoms with Crippen molar-refractivity contribution in [2.45, 2.75) is 30.7 Å². The quantitative estimate of drug-likeness (QED) is 0.798. The molecule has 140 valence electrons. The molecule has 0 aliphatic carbocycles. The third kappa shape index (κ3) is 4.56. The summed E-state index contributed by atoms with van der Waals surface area (Å²) in [5.74, 6) is 0. The number of hydrogen-bond donors (Lipinski definition) is 1. The van der Waals surface area contributed by atoms with Crippen molar-refractivity contribution in [3.63, 3.8) is 0 Å². The first-order valence-corrected chi connectivity index (χ1v) is 9.58. The summed E-state index contributed by atoms with van der Waals surface area (Å²) in [4.78, 5) is 4.30. The molecule has 5 nitrogen and oxygen atoms in total. The Kier molecular flexibility index (Phi) is 8.38. The van der Waals surface area contributed by atoms with E-state index in [0.29, 0.717) is 23.5 Å². The monoisotopic (exact) mass is 425 g/mol. The van der Waals surface area contributed by atoms with Crippen LogP contribution in [0.25, 0.3) is 10.8 Å². The van der Waals surface area contributed by atoms with Crippen LogP contribution in [0.1, 0.15) is 19.8 Å². The van der Waals surface area contributed by atoms with Gasteiger partial charge in [-0.15, -0.1) is 24.8 Å². The zero-order chi connectivity index (χ0) is 16.4. The van der Waals surface area contributed by atoms with Gasteiger partial charge in [0.15, 0.2) is 0 Å². The standard InChI is InChI=1S/C16H20ClN3O2S.2ClH/c1-12-9-18-7-2-3-8-20(12)23(21,22)15-6-4-5-13-10-19-11-14(17)16(13)15;;/h4-6,10-12,18H,2-3,7-9H2,1H3;2*1H/t12-;;/m0../s1. The molecule has 1 aliphatic rings. The molecule has 0 unspecified atom stereocenters. The van der Waals surface area contributed by atoms with Gasteiger partial charge in [0.1, 0.15) is 0 Å². The molecule has 0 radical (unpaired) electrons. The van der Waals surface area contributed by atoms with Crippen LogP contribution in [0.5, 0.6) is 0 Å². The maximum atomic E-state index is 13.2. The molecular formula is C16H22Cl3N3O2S. The Bertz CT molecular complexity index is 812. The van der Waals surface area contributed by atoms with Crippen LogP contribution in [0.4, 0.5) is 0 Å². The highest BCUT2D eigenvalue weighted by molar-refractivity contribution is 7.89. The second kappa shape index (κ2) is 9.35. The molecule has 2 aromatic rings. The van der Waals surface area contributed by atoms with Crippen molar-refractivity contribution >= 4 is 57.2 Å². The lowest BCUT2D eigenvalue weighted by Gasteiger charge is -2.31. The summed E-state index contributed by atoms with van der Waals surface area (Å²) >= 11 is 6.24. The van der Waals surface area contributed by atoms with Crippen LogP contribution in [0.2, 0.25) is 5.02 Å². The van der Waals surface area contributed by atoms with Crippen molar-refractivity contribution in [3.05, 3.63) is 35.6 Å². The van der Waals surface area contributed by atoms with Crippen LogP contribution in [-0.2, 0) is 10.0 Å². The fourth-order valence-electron chi connectivity index (χ4n) is 3.01. The van der Waals surface area contributed by atoms with Gasteiger partial charge in [0.05, 0.1) is 9.92 Å². The molecule has 1 atom stereocenters. The van der Waals surface area contributed by atoms with Gasteiger partial charge >= 0.3 is 0 Å². The number of rotatable bonds is 2. The van der Waals surface area contributed by atoms with Gasteiger partial charge in [0, 0.05) is 42.3 Å². The van der Waals surface area contributed by atoms with Crippen LogP contribution >= 0.6 is 36.4 Å². The van der Waals surface area contributed by atoms with Gasteiger partial charge in [-0.1, -0.05) is 23.7 Å². The SMILES string of the molecule is C[C@H]1CNCCCCN1S(=O)(=O)c1cccc2cncc(Cl)c12.Cl.Cl. The van der Waals surface area contributed by atoms with Crippen LogP contribution in [0, 0.1) is 0 Å². The number of aromatic nitrogens is 1. The van der Waals surface area contributed by atoms with E-state index in [1.54, 1.807) is 22.6 Å².